The predicted octanol–water partition coefficient (Wildman–Crippen LogP) is 1.76. The molecule has 1 aliphatic rings. The molecule has 0 aromatic heterocycles. The summed E-state index contributed by atoms with van der Waals surface area (Å²) in [7, 11) is 0. The van der Waals surface area contributed by atoms with Crippen molar-refractivity contribution in [1.82, 2.24) is 9.96 Å². The molecule has 2 rings (SSSR count). The fourth-order valence-electron chi connectivity index (χ4n) is 2.30. The Morgan fingerprint density at radius 1 is 1.12 bits per heavy atom. The third kappa shape index (κ3) is 5.18. The van der Waals surface area contributed by atoms with Crippen LogP contribution in [0.1, 0.15) is 31.1 Å². The Balaban J connectivity index is 2.03. The minimum absolute atomic E-state index is 0.0782. The van der Waals surface area contributed by atoms with E-state index >= 15 is 0 Å². The average Bonchev–Trinajstić information content (AvgIpc) is 2.54. The number of piperazine rings is 1. The van der Waals surface area contributed by atoms with Crippen LogP contribution in [-0.2, 0) is 14.4 Å². The quantitative estimate of drug-likeness (QED) is 0.887. The van der Waals surface area contributed by atoms with Crippen molar-refractivity contribution in [2.45, 2.75) is 32.4 Å². The number of carbonyl (C=O) groups excluding carboxylic acids is 2. The van der Waals surface area contributed by atoms with Crippen molar-refractivity contribution >= 4 is 18.0 Å². The van der Waals surface area contributed by atoms with E-state index in [-0.39, 0.29) is 19.6 Å². The molecule has 1 amide bonds. The summed E-state index contributed by atoms with van der Waals surface area (Å²) in [6.45, 7) is 5.34. The normalized spacial score (nSPS) is 18.5. The molecular formula is C17H22N2O6. The van der Waals surface area contributed by atoms with Crippen molar-refractivity contribution in [3.8, 4) is 0 Å². The van der Waals surface area contributed by atoms with Crippen molar-refractivity contribution in [3.05, 3.63) is 35.9 Å². The average molecular weight is 350 g/mol. The summed E-state index contributed by atoms with van der Waals surface area (Å²) in [6, 6.07) is 7.13. The molecule has 0 aliphatic carbocycles. The van der Waals surface area contributed by atoms with Crippen LogP contribution >= 0.6 is 0 Å². The minimum Gasteiger partial charge on any atom is -0.480 e. The fourth-order valence-corrected chi connectivity index (χ4v) is 2.30. The first-order chi connectivity index (χ1) is 11.7. The Morgan fingerprint density at radius 2 is 1.76 bits per heavy atom. The minimum atomic E-state index is -1.19. The van der Waals surface area contributed by atoms with Crippen LogP contribution in [0.2, 0.25) is 0 Å². The maximum atomic E-state index is 12.1. The molecule has 1 aromatic rings. The highest BCUT2D eigenvalue weighted by Gasteiger charge is 2.38. The van der Waals surface area contributed by atoms with Crippen LogP contribution in [0.15, 0.2) is 30.3 Å². The maximum Gasteiger partial charge on any atom is 0.410 e. The number of rotatable bonds is 3. The SMILES string of the molecule is CC(C)(C)OC(=O)N1CCN(OC(=O)c2ccccc2)C(C(=O)O)C1. The molecule has 1 N–H and O–H groups in total. The molecule has 0 bridgehead atoms. The first-order valence-electron chi connectivity index (χ1n) is 7.92. The Bertz CT molecular complexity index is 640. The number of hydrogen-bond acceptors (Lipinski definition) is 6. The zero-order chi connectivity index (χ0) is 18.6. The third-order valence-corrected chi connectivity index (χ3v) is 3.48. The zero-order valence-electron chi connectivity index (χ0n) is 14.5. The van der Waals surface area contributed by atoms with Crippen LogP contribution in [0, 0.1) is 0 Å². The van der Waals surface area contributed by atoms with Gasteiger partial charge in [-0.2, -0.15) is 0 Å². The summed E-state index contributed by atoms with van der Waals surface area (Å²) in [5, 5.41) is 10.5. The fraction of sp³-hybridized carbons (Fsp3) is 0.471. The highest BCUT2D eigenvalue weighted by atomic mass is 16.7. The summed E-state index contributed by atoms with van der Waals surface area (Å²) in [5.74, 6) is -1.83. The van der Waals surface area contributed by atoms with E-state index < -0.39 is 29.7 Å². The van der Waals surface area contributed by atoms with Gasteiger partial charge in [0.1, 0.15) is 5.60 Å². The molecule has 1 aliphatic heterocycles. The third-order valence-electron chi connectivity index (χ3n) is 3.48. The Morgan fingerprint density at radius 3 is 2.32 bits per heavy atom. The van der Waals surface area contributed by atoms with Gasteiger partial charge < -0.3 is 19.6 Å². The second-order valence-corrected chi connectivity index (χ2v) is 6.67. The van der Waals surface area contributed by atoms with Crippen LogP contribution in [0.3, 0.4) is 0 Å². The largest absolute Gasteiger partial charge is 0.480 e. The van der Waals surface area contributed by atoms with Crippen LogP contribution in [-0.4, -0.2) is 64.4 Å². The van der Waals surface area contributed by atoms with Gasteiger partial charge in [0.2, 0.25) is 0 Å². The molecule has 1 aromatic carbocycles. The zero-order valence-corrected chi connectivity index (χ0v) is 14.5. The van der Waals surface area contributed by atoms with Crippen molar-refractivity contribution in [2.24, 2.45) is 0 Å². The van der Waals surface area contributed by atoms with E-state index in [2.05, 4.69) is 0 Å². The van der Waals surface area contributed by atoms with E-state index in [1.165, 1.54) is 4.90 Å². The van der Waals surface area contributed by atoms with E-state index in [0.717, 1.165) is 5.06 Å². The molecule has 25 heavy (non-hydrogen) atoms. The highest BCUT2D eigenvalue weighted by molar-refractivity contribution is 5.89. The molecule has 0 radical (unpaired) electrons. The molecule has 1 atom stereocenters. The van der Waals surface area contributed by atoms with Crippen LogP contribution in [0.25, 0.3) is 0 Å². The number of amides is 1. The molecule has 0 saturated carbocycles. The molecule has 136 valence electrons. The number of aliphatic carboxylic acids is 1. The topological polar surface area (TPSA) is 96.4 Å². The standard InChI is InChI=1S/C17H22N2O6/c1-17(2,3)24-16(23)18-9-10-19(13(11-18)14(20)21)25-15(22)12-7-5-4-6-8-12/h4-8,13H,9-11H2,1-3H3,(H,20,21). The molecular weight excluding hydrogens is 328 g/mol. The smallest absolute Gasteiger partial charge is 0.410 e. The first-order valence-corrected chi connectivity index (χ1v) is 7.92. The highest BCUT2D eigenvalue weighted by Crippen LogP contribution is 2.16. The van der Waals surface area contributed by atoms with Gasteiger partial charge in [0.15, 0.2) is 6.04 Å². The summed E-state index contributed by atoms with van der Waals surface area (Å²) < 4.78 is 5.26. The summed E-state index contributed by atoms with van der Waals surface area (Å²) in [5.41, 5.74) is -0.353. The lowest BCUT2D eigenvalue weighted by Gasteiger charge is -2.38. The molecule has 1 heterocycles. The van der Waals surface area contributed by atoms with Crippen molar-refractivity contribution in [2.75, 3.05) is 19.6 Å². The maximum absolute atomic E-state index is 12.1. The summed E-state index contributed by atoms with van der Waals surface area (Å²) in [4.78, 5) is 42.3. The number of carbonyl (C=O) groups is 3. The van der Waals surface area contributed by atoms with Gasteiger partial charge in [0, 0.05) is 6.54 Å². The number of hydroxylamine groups is 2. The van der Waals surface area contributed by atoms with E-state index in [9.17, 15) is 19.5 Å². The molecule has 1 saturated heterocycles. The van der Waals surface area contributed by atoms with Crippen LogP contribution in [0.5, 0.6) is 0 Å². The molecule has 0 spiro atoms. The van der Waals surface area contributed by atoms with Crippen molar-refractivity contribution in [1.29, 1.82) is 0 Å². The van der Waals surface area contributed by atoms with E-state index in [4.69, 9.17) is 9.57 Å². The molecule has 8 nitrogen and oxygen atoms in total. The second kappa shape index (κ2) is 7.52. The van der Waals surface area contributed by atoms with Crippen molar-refractivity contribution < 1.29 is 29.1 Å². The van der Waals surface area contributed by atoms with Gasteiger partial charge in [-0.05, 0) is 32.9 Å². The van der Waals surface area contributed by atoms with E-state index in [0.29, 0.717) is 5.56 Å². The van der Waals surface area contributed by atoms with Crippen molar-refractivity contribution in [3.63, 3.8) is 0 Å². The molecule has 1 fully saturated rings. The van der Waals surface area contributed by atoms with Gasteiger partial charge in [0.05, 0.1) is 18.7 Å². The lowest BCUT2D eigenvalue weighted by Crippen LogP contribution is -2.58. The number of carboxylic acid groups (broad SMARTS) is 1. The summed E-state index contributed by atoms with van der Waals surface area (Å²) >= 11 is 0. The van der Waals surface area contributed by atoms with Crippen LogP contribution in [0.4, 0.5) is 4.79 Å². The molecule has 8 heteroatoms. The van der Waals surface area contributed by atoms with Gasteiger partial charge in [0.25, 0.3) is 0 Å². The van der Waals surface area contributed by atoms with Gasteiger partial charge in [-0.3, -0.25) is 4.79 Å². The monoisotopic (exact) mass is 350 g/mol. The van der Waals surface area contributed by atoms with Gasteiger partial charge in [-0.25, -0.2) is 9.59 Å². The Labute approximate surface area is 145 Å². The lowest BCUT2D eigenvalue weighted by molar-refractivity contribution is -0.183. The lowest BCUT2D eigenvalue weighted by atomic mass is 10.2. The predicted molar refractivity (Wildman–Crippen MR) is 87.8 cm³/mol. The number of ether oxygens (including phenoxy) is 1. The van der Waals surface area contributed by atoms with Gasteiger partial charge in [-0.15, -0.1) is 5.06 Å². The molecule has 1 unspecified atom stereocenters. The number of benzene rings is 1. The van der Waals surface area contributed by atoms with Gasteiger partial charge >= 0.3 is 18.0 Å². The summed E-state index contributed by atoms with van der Waals surface area (Å²) in [6.07, 6.45) is -0.590. The Kier molecular flexibility index (Phi) is 5.63. The van der Waals surface area contributed by atoms with Crippen LogP contribution < -0.4 is 0 Å². The van der Waals surface area contributed by atoms with E-state index in [1.54, 1.807) is 51.1 Å². The first kappa shape index (κ1) is 18.7. The second-order valence-electron chi connectivity index (χ2n) is 6.67. The number of nitrogens with zero attached hydrogens (tertiary/aromatic N) is 2. The van der Waals surface area contributed by atoms with Gasteiger partial charge in [-0.1, -0.05) is 18.2 Å². The Hall–Kier alpha value is -2.61. The van der Waals surface area contributed by atoms with E-state index in [1.807, 2.05) is 0 Å². The number of hydrogen-bond donors (Lipinski definition) is 1. The number of carboxylic acids is 1.